The molecule has 1 aliphatic rings. The maximum absolute atomic E-state index is 11.1. The van der Waals surface area contributed by atoms with Gasteiger partial charge in [-0.1, -0.05) is 54.6 Å². The lowest BCUT2D eigenvalue weighted by Crippen LogP contribution is -2.23. The molecule has 1 saturated heterocycles. The van der Waals surface area contributed by atoms with Gasteiger partial charge in [-0.05, 0) is 29.7 Å². The standard InChI is InChI=1S/C18H19NO2/c20-18(21)16-10-11-19(13-16)12-15-8-4-5-9-17(15)14-6-2-1-3-7-14/h1-9,16H,10-13H2,(H,20,21)/t16-/m0/s1. The van der Waals surface area contributed by atoms with E-state index in [1.54, 1.807) is 0 Å². The summed E-state index contributed by atoms with van der Waals surface area (Å²) in [6, 6.07) is 18.7. The molecule has 1 atom stereocenters. The minimum absolute atomic E-state index is 0.214. The van der Waals surface area contributed by atoms with Gasteiger partial charge in [0.1, 0.15) is 0 Å². The summed E-state index contributed by atoms with van der Waals surface area (Å²) in [4.78, 5) is 13.3. The molecule has 0 radical (unpaired) electrons. The molecule has 3 heteroatoms. The van der Waals surface area contributed by atoms with Gasteiger partial charge < -0.3 is 5.11 Å². The van der Waals surface area contributed by atoms with Crippen LogP contribution in [0.1, 0.15) is 12.0 Å². The van der Waals surface area contributed by atoms with Gasteiger partial charge >= 0.3 is 5.97 Å². The molecule has 3 nitrogen and oxygen atoms in total. The Morgan fingerprint density at radius 3 is 2.52 bits per heavy atom. The minimum Gasteiger partial charge on any atom is -0.481 e. The zero-order valence-electron chi connectivity index (χ0n) is 11.9. The molecule has 0 aliphatic carbocycles. The highest BCUT2D eigenvalue weighted by atomic mass is 16.4. The normalized spacial score (nSPS) is 18.8. The van der Waals surface area contributed by atoms with Crippen molar-refractivity contribution in [3.63, 3.8) is 0 Å². The van der Waals surface area contributed by atoms with E-state index in [0.717, 1.165) is 19.5 Å². The van der Waals surface area contributed by atoms with Crippen LogP contribution in [0.3, 0.4) is 0 Å². The van der Waals surface area contributed by atoms with Crippen LogP contribution in [0.25, 0.3) is 11.1 Å². The highest BCUT2D eigenvalue weighted by Gasteiger charge is 2.28. The number of hydrogen-bond acceptors (Lipinski definition) is 2. The van der Waals surface area contributed by atoms with E-state index < -0.39 is 5.97 Å². The minimum atomic E-state index is -0.672. The Balaban J connectivity index is 1.79. The summed E-state index contributed by atoms with van der Waals surface area (Å²) in [6.07, 6.45) is 0.753. The highest BCUT2D eigenvalue weighted by Crippen LogP contribution is 2.26. The predicted molar refractivity (Wildman–Crippen MR) is 82.9 cm³/mol. The molecule has 0 spiro atoms. The number of carboxylic acid groups (broad SMARTS) is 1. The van der Waals surface area contributed by atoms with E-state index in [4.69, 9.17) is 5.11 Å². The monoisotopic (exact) mass is 281 g/mol. The van der Waals surface area contributed by atoms with E-state index >= 15 is 0 Å². The topological polar surface area (TPSA) is 40.5 Å². The molecular formula is C18H19NO2. The number of likely N-dealkylation sites (tertiary alicyclic amines) is 1. The quantitative estimate of drug-likeness (QED) is 0.935. The van der Waals surface area contributed by atoms with Crippen LogP contribution >= 0.6 is 0 Å². The Labute approximate surface area is 124 Å². The van der Waals surface area contributed by atoms with Crippen molar-refractivity contribution in [2.75, 3.05) is 13.1 Å². The van der Waals surface area contributed by atoms with E-state index in [9.17, 15) is 4.79 Å². The third kappa shape index (κ3) is 3.14. The Morgan fingerprint density at radius 2 is 1.81 bits per heavy atom. The van der Waals surface area contributed by atoms with Gasteiger partial charge in [0.05, 0.1) is 5.92 Å². The molecule has 3 rings (SSSR count). The molecule has 1 fully saturated rings. The molecule has 0 amide bonds. The zero-order chi connectivity index (χ0) is 14.7. The van der Waals surface area contributed by atoms with E-state index in [1.807, 2.05) is 24.3 Å². The Morgan fingerprint density at radius 1 is 1.10 bits per heavy atom. The van der Waals surface area contributed by atoms with Crippen molar-refractivity contribution in [1.29, 1.82) is 0 Å². The summed E-state index contributed by atoms with van der Waals surface area (Å²) in [5.74, 6) is -0.886. The average Bonchev–Trinajstić information content (AvgIpc) is 2.98. The van der Waals surface area contributed by atoms with Gasteiger partial charge in [-0.15, -0.1) is 0 Å². The van der Waals surface area contributed by atoms with Crippen LogP contribution in [0.15, 0.2) is 54.6 Å². The van der Waals surface area contributed by atoms with Crippen molar-refractivity contribution in [3.8, 4) is 11.1 Å². The summed E-state index contributed by atoms with van der Waals surface area (Å²) in [5.41, 5.74) is 3.70. The molecular weight excluding hydrogens is 262 g/mol. The number of aliphatic carboxylic acids is 1. The SMILES string of the molecule is O=C(O)[C@H]1CCN(Cc2ccccc2-c2ccccc2)C1. The van der Waals surface area contributed by atoms with Crippen LogP contribution in [-0.4, -0.2) is 29.1 Å². The van der Waals surface area contributed by atoms with Crippen LogP contribution < -0.4 is 0 Å². The number of rotatable bonds is 4. The van der Waals surface area contributed by atoms with Crippen LogP contribution in [-0.2, 0) is 11.3 Å². The van der Waals surface area contributed by atoms with Crippen LogP contribution in [0.2, 0.25) is 0 Å². The van der Waals surface area contributed by atoms with Gasteiger partial charge in [-0.2, -0.15) is 0 Å². The molecule has 0 saturated carbocycles. The highest BCUT2D eigenvalue weighted by molar-refractivity contribution is 5.70. The first-order valence-electron chi connectivity index (χ1n) is 7.32. The summed E-state index contributed by atoms with van der Waals surface area (Å²) >= 11 is 0. The van der Waals surface area contributed by atoms with Crippen molar-refractivity contribution < 1.29 is 9.90 Å². The molecule has 21 heavy (non-hydrogen) atoms. The molecule has 0 aromatic heterocycles. The lowest BCUT2D eigenvalue weighted by Gasteiger charge is -2.18. The Hall–Kier alpha value is -2.13. The molecule has 0 bridgehead atoms. The van der Waals surface area contributed by atoms with Crippen molar-refractivity contribution in [2.45, 2.75) is 13.0 Å². The number of benzene rings is 2. The Kier molecular flexibility index (Phi) is 4.02. The fraction of sp³-hybridized carbons (Fsp3) is 0.278. The summed E-state index contributed by atoms with van der Waals surface area (Å²) < 4.78 is 0. The maximum Gasteiger partial charge on any atom is 0.307 e. The molecule has 1 heterocycles. The van der Waals surface area contributed by atoms with Crippen molar-refractivity contribution in [2.24, 2.45) is 5.92 Å². The lowest BCUT2D eigenvalue weighted by molar-refractivity contribution is -0.141. The molecule has 0 unspecified atom stereocenters. The van der Waals surface area contributed by atoms with E-state index in [-0.39, 0.29) is 5.92 Å². The summed E-state index contributed by atoms with van der Waals surface area (Å²) in [6.45, 7) is 2.33. The fourth-order valence-electron chi connectivity index (χ4n) is 2.98. The van der Waals surface area contributed by atoms with Gasteiger partial charge in [-0.3, -0.25) is 9.69 Å². The number of carboxylic acids is 1. The number of carbonyl (C=O) groups is 1. The second-order valence-corrected chi connectivity index (χ2v) is 5.58. The van der Waals surface area contributed by atoms with Crippen LogP contribution in [0.5, 0.6) is 0 Å². The van der Waals surface area contributed by atoms with Gasteiger partial charge in [0.2, 0.25) is 0 Å². The molecule has 2 aromatic carbocycles. The van der Waals surface area contributed by atoms with Crippen LogP contribution in [0, 0.1) is 5.92 Å². The third-order valence-electron chi connectivity index (χ3n) is 4.12. The first-order chi connectivity index (χ1) is 10.2. The van der Waals surface area contributed by atoms with Gasteiger partial charge in [0.15, 0.2) is 0 Å². The molecule has 108 valence electrons. The van der Waals surface area contributed by atoms with Crippen molar-refractivity contribution >= 4 is 5.97 Å². The zero-order valence-corrected chi connectivity index (χ0v) is 11.9. The lowest BCUT2D eigenvalue weighted by atomic mass is 9.99. The number of hydrogen-bond donors (Lipinski definition) is 1. The third-order valence-corrected chi connectivity index (χ3v) is 4.12. The summed E-state index contributed by atoms with van der Waals surface area (Å²) in [7, 11) is 0. The maximum atomic E-state index is 11.1. The second kappa shape index (κ2) is 6.10. The first kappa shape index (κ1) is 13.8. The fourth-order valence-corrected chi connectivity index (χ4v) is 2.98. The largest absolute Gasteiger partial charge is 0.481 e. The smallest absolute Gasteiger partial charge is 0.307 e. The van der Waals surface area contributed by atoms with E-state index in [1.165, 1.54) is 16.7 Å². The van der Waals surface area contributed by atoms with Crippen molar-refractivity contribution in [3.05, 3.63) is 60.2 Å². The summed E-state index contributed by atoms with van der Waals surface area (Å²) in [5, 5.41) is 9.10. The predicted octanol–water partition coefficient (Wildman–Crippen LogP) is 3.26. The van der Waals surface area contributed by atoms with E-state index in [0.29, 0.717) is 6.54 Å². The van der Waals surface area contributed by atoms with Crippen LogP contribution in [0.4, 0.5) is 0 Å². The van der Waals surface area contributed by atoms with Gasteiger partial charge in [0.25, 0.3) is 0 Å². The molecule has 1 aliphatic heterocycles. The van der Waals surface area contributed by atoms with Gasteiger partial charge in [0, 0.05) is 13.1 Å². The van der Waals surface area contributed by atoms with Gasteiger partial charge in [-0.25, -0.2) is 0 Å². The molecule has 2 aromatic rings. The number of nitrogens with zero attached hydrogens (tertiary/aromatic N) is 1. The molecule has 1 N–H and O–H groups in total. The Bertz CT molecular complexity index is 624. The second-order valence-electron chi connectivity index (χ2n) is 5.58. The van der Waals surface area contributed by atoms with Crippen molar-refractivity contribution in [1.82, 2.24) is 4.90 Å². The first-order valence-corrected chi connectivity index (χ1v) is 7.32. The average molecular weight is 281 g/mol. The van der Waals surface area contributed by atoms with E-state index in [2.05, 4.69) is 35.2 Å².